The molecule has 0 spiro atoms. The van der Waals surface area contributed by atoms with E-state index in [1.54, 1.807) is 23.1 Å². The molecule has 0 aliphatic carbocycles. The fourth-order valence-electron chi connectivity index (χ4n) is 4.36. The molecule has 3 aromatic rings. The SMILES string of the molecule is CCNC(=O)[C@H](CC)N(Cc1ccc(Cl)cc1)C(=O)CN1C(=O)c2cccc3cccc1c23. The van der Waals surface area contributed by atoms with E-state index >= 15 is 0 Å². The zero-order valence-corrected chi connectivity index (χ0v) is 19.4. The van der Waals surface area contributed by atoms with Gasteiger partial charge >= 0.3 is 0 Å². The first-order chi connectivity index (χ1) is 15.9. The standard InChI is InChI=1S/C26H26ClN3O3/c1-3-21(25(32)28-4-2)29(15-17-11-13-19(27)14-12-17)23(31)16-30-22-10-6-8-18-7-5-9-20(24(18)22)26(30)33/h5-14,21H,3-4,15-16H2,1-2H3,(H,28,32)/t21-/m0/s1. The van der Waals surface area contributed by atoms with E-state index in [2.05, 4.69) is 5.32 Å². The highest BCUT2D eigenvalue weighted by atomic mass is 35.5. The molecular formula is C26H26ClN3O3. The van der Waals surface area contributed by atoms with Gasteiger partial charge in [0.15, 0.2) is 0 Å². The number of rotatable bonds is 8. The van der Waals surface area contributed by atoms with Gasteiger partial charge in [-0.25, -0.2) is 0 Å². The maximum atomic E-state index is 13.6. The molecule has 0 unspecified atom stereocenters. The number of hydrogen-bond acceptors (Lipinski definition) is 3. The third-order valence-electron chi connectivity index (χ3n) is 5.95. The average molecular weight is 464 g/mol. The number of amides is 3. The summed E-state index contributed by atoms with van der Waals surface area (Å²) in [4.78, 5) is 42.7. The molecule has 0 radical (unpaired) electrons. The number of benzene rings is 3. The Kier molecular flexibility index (Phi) is 6.65. The molecule has 1 heterocycles. The van der Waals surface area contributed by atoms with Crippen LogP contribution in [0.15, 0.2) is 60.7 Å². The van der Waals surface area contributed by atoms with E-state index in [9.17, 15) is 14.4 Å². The summed E-state index contributed by atoms with van der Waals surface area (Å²) in [5, 5.41) is 5.24. The summed E-state index contributed by atoms with van der Waals surface area (Å²) in [5.41, 5.74) is 2.17. The zero-order valence-electron chi connectivity index (χ0n) is 18.7. The van der Waals surface area contributed by atoms with Crippen LogP contribution in [-0.2, 0) is 16.1 Å². The van der Waals surface area contributed by atoms with Crippen molar-refractivity contribution in [3.8, 4) is 0 Å². The number of anilines is 1. The first-order valence-corrected chi connectivity index (χ1v) is 11.5. The summed E-state index contributed by atoms with van der Waals surface area (Å²) in [6, 6.07) is 17.8. The van der Waals surface area contributed by atoms with E-state index in [1.807, 2.05) is 56.3 Å². The molecule has 6 nitrogen and oxygen atoms in total. The molecule has 33 heavy (non-hydrogen) atoms. The van der Waals surface area contributed by atoms with Crippen molar-refractivity contribution in [1.82, 2.24) is 10.2 Å². The molecule has 3 aromatic carbocycles. The predicted molar refractivity (Wildman–Crippen MR) is 130 cm³/mol. The van der Waals surface area contributed by atoms with Gasteiger partial charge < -0.3 is 10.2 Å². The molecule has 170 valence electrons. The van der Waals surface area contributed by atoms with Gasteiger partial charge in [-0.15, -0.1) is 0 Å². The Morgan fingerprint density at radius 1 is 1.03 bits per heavy atom. The molecule has 1 aliphatic rings. The summed E-state index contributed by atoms with van der Waals surface area (Å²) in [7, 11) is 0. The number of halogens is 1. The van der Waals surface area contributed by atoms with Gasteiger partial charge in [0.2, 0.25) is 11.8 Å². The lowest BCUT2D eigenvalue weighted by molar-refractivity contribution is -0.140. The Balaban J connectivity index is 1.65. The fraction of sp³-hybridized carbons (Fsp3) is 0.269. The minimum Gasteiger partial charge on any atom is -0.355 e. The van der Waals surface area contributed by atoms with Crippen LogP contribution in [-0.4, -0.2) is 41.8 Å². The minimum absolute atomic E-state index is 0.143. The van der Waals surface area contributed by atoms with E-state index in [-0.39, 0.29) is 30.8 Å². The van der Waals surface area contributed by atoms with Gasteiger partial charge in [0, 0.05) is 29.1 Å². The second-order valence-electron chi connectivity index (χ2n) is 8.04. The summed E-state index contributed by atoms with van der Waals surface area (Å²) < 4.78 is 0. The van der Waals surface area contributed by atoms with Crippen LogP contribution in [0.3, 0.4) is 0 Å². The van der Waals surface area contributed by atoms with E-state index in [4.69, 9.17) is 11.6 Å². The van der Waals surface area contributed by atoms with Crippen molar-refractivity contribution >= 4 is 45.8 Å². The van der Waals surface area contributed by atoms with Gasteiger partial charge in [-0.1, -0.05) is 54.9 Å². The van der Waals surface area contributed by atoms with E-state index in [1.165, 1.54) is 4.90 Å². The Hall–Kier alpha value is -3.38. The van der Waals surface area contributed by atoms with Crippen LogP contribution < -0.4 is 10.2 Å². The first kappa shape index (κ1) is 22.8. The Bertz CT molecular complexity index is 1200. The highest BCUT2D eigenvalue weighted by Gasteiger charge is 2.34. The Morgan fingerprint density at radius 2 is 1.73 bits per heavy atom. The van der Waals surface area contributed by atoms with Crippen LogP contribution in [0.25, 0.3) is 10.8 Å². The molecule has 7 heteroatoms. The van der Waals surface area contributed by atoms with Gasteiger partial charge in [0.05, 0.1) is 5.69 Å². The lowest BCUT2D eigenvalue weighted by atomic mass is 10.1. The number of likely N-dealkylation sites (N-methyl/N-ethyl adjacent to an activating group) is 1. The zero-order chi connectivity index (χ0) is 23.5. The lowest BCUT2D eigenvalue weighted by Crippen LogP contribution is -2.52. The molecule has 1 aliphatic heterocycles. The van der Waals surface area contributed by atoms with Gasteiger partial charge in [-0.3, -0.25) is 19.3 Å². The number of carbonyl (C=O) groups is 3. The van der Waals surface area contributed by atoms with Crippen molar-refractivity contribution in [3.05, 3.63) is 76.8 Å². The smallest absolute Gasteiger partial charge is 0.259 e. The molecule has 3 amide bonds. The second-order valence-corrected chi connectivity index (χ2v) is 8.48. The maximum absolute atomic E-state index is 13.6. The van der Waals surface area contributed by atoms with Crippen molar-refractivity contribution in [3.63, 3.8) is 0 Å². The fourth-order valence-corrected chi connectivity index (χ4v) is 4.49. The van der Waals surface area contributed by atoms with E-state index < -0.39 is 6.04 Å². The van der Waals surface area contributed by atoms with Crippen LogP contribution in [0, 0.1) is 0 Å². The van der Waals surface area contributed by atoms with E-state index in [0.717, 1.165) is 22.0 Å². The largest absolute Gasteiger partial charge is 0.355 e. The molecule has 0 aromatic heterocycles. The molecule has 1 atom stereocenters. The number of nitrogens with zero attached hydrogens (tertiary/aromatic N) is 2. The van der Waals surface area contributed by atoms with Crippen molar-refractivity contribution in [2.45, 2.75) is 32.9 Å². The summed E-state index contributed by atoms with van der Waals surface area (Å²) in [6.07, 6.45) is 0.453. The van der Waals surface area contributed by atoms with Gasteiger partial charge in [-0.2, -0.15) is 0 Å². The lowest BCUT2D eigenvalue weighted by Gasteiger charge is -2.32. The Labute approximate surface area is 198 Å². The number of carbonyl (C=O) groups excluding carboxylic acids is 3. The molecule has 4 rings (SSSR count). The molecule has 0 bridgehead atoms. The molecule has 0 saturated heterocycles. The normalized spacial score (nSPS) is 13.3. The van der Waals surface area contributed by atoms with Gasteiger partial charge in [0.25, 0.3) is 5.91 Å². The third kappa shape index (κ3) is 4.44. The van der Waals surface area contributed by atoms with Crippen molar-refractivity contribution < 1.29 is 14.4 Å². The van der Waals surface area contributed by atoms with Crippen LogP contribution in [0.4, 0.5) is 5.69 Å². The summed E-state index contributed by atoms with van der Waals surface area (Å²) in [6.45, 7) is 4.29. The number of nitrogens with one attached hydrogen (secondary N) is 1. The maximum Gasteiger partial charge on any atom is 0.259 e. The predicted octanol–water partition coefficient (Wildman–Crippen LogP) is 4.40. The molecule has 0 fully saturated rings. The monoisotopic (exact) mass is 463 g/mol. The van der Waals surface area contributed by atoms with Gasteiger partial charge in [0.1, 0.15) is 12.6 Å². The van der Waals surface area contributed by atoms with E-state index in [0.29, 0.717) is 23.6 Å². The topological polar surface area (TPSA) is 69.7 Å². The highest BCUT2D eigenvalue weighted by Crippen LogP contribution is 2.37. The van der Waals surface area contributed by atoms with Gasteiger partial charge in [-0.05, 0) is 48.6 Å². The highest BCUT2D eigenvalue weighted by molar-refractivity contribution is 6.30. The third-order valence-corrected chi connectivity index (χ3v) is 6.20. The molecular weight excluding hydrogens is 438 g/mol. The molecule has 0 saturated carbocycles. The van der Waals surface area contributed by atoms with Crippen LogP contribution in [0.5, 0.6) is 0 Å². The summed E-state index contributed by atoms with van der Waals surface area (Å²) >= 11 is 6.02. The van der Waals surface area contributed by atoms with Crippen LogP contribution >= 0.6 is 11.6 Å². The first-order valence-electron chi connectivity index (χ1n) is 11.1. The Morgan fingerprint density at radius 3 is 2.39 bits per heavy atom. The second kappa shape index (κ2) is 9.63. The summed E-state index contributed by atoms with van der Waals surface area (Å²) in [5.74, 6) is -0.700. The van der Waals surface area contributed by atoms with Crippen LogP contribution in [0.1, 0.15) is 36.2 Å². The van der Waals surface area contributed by atoms with Crippen molar-refractivity contribution in [2.75, 3.05) is 18.0 Å². The quantitative estimate of drug-likeness (QED) is 0.538. The molecule has 1 N–H and O–H groups in total. The van der Waals surface area contributed by atoms with Crippen molar-refractivity contribution in [1.29, 1.82) is 0 Å². The number of hydrogen-bond donors (Lipinski definition) is 1. The minimum atomic E-state index is -0.649. The van der Waals surface area contributed by atoms with Crippen molar-refractivity contribution in [2.24, 2.45) is 0 Å². The van der Waals surface area contributed by atoms with Crippen LogP contribution in [0.2, 0.25) is 5.02 Å². The average Bonchev–Trinajstić information content (AvgIpc) is 3.08.